The quantitative estimate of drug-likeness (QED) is 0.674. The number of hydrogen-bond donors (Lipinski definition) is 1. The fraction of sp³-hybridized carbons (Fsp3) is 0.286. The molecule has 0 radical (unpaired) electrons. The number of nitrogens with zero attached hydrogens (tertiary/aromatic N) is 2. The van der Waals surface area contributed by atoms with Gasteiger partial charge >= 0.3 is 11.1 Å². The Labute approximate surface area is 166 Å². The number of benzene rings is 2. The predicted molar refractivity (Wildman–Crippen MR) is 107 cm³/mol. The zero-order valence-corrected chi connectivity index (χ0v) is 16.2. The number of rotatable bonds is 4. The molecule has 8 nitrogen and oxygen atoms in total. The Balaban J connectivity index is 1.58. The first kappa shape index (κ1) is 18.8. The lowest BCUT2D eigenvalue weighted by Gasteiger charge is -2.21. The molecule has 1 amide bonds. The summed E-state index contributed by atoms with van der Waals surface area (Å²) in [6.07, 6.45) is 0. The highest BCUT2D eigenvalue weighted by atomic mass is 16.6. The number of para-hydroxylation sites is 2. The van der Waals surface area contributed by atoms with Crippen LogP contribution in [0.2, 0.25) is 0 Å². The van der Waals surface area contributed by atoms with Gasteiger partial charge in [0.15, 0.2) is 11.5 Å². The maximum atomic E-state index is 12.6. The smallest absolute Gasteiger partial charge is 0.317 e. The number of fused-ring (bicyclic) bond motifs is 2. The van der Waals surface area contributed by atoms with Gasteiger partial charge < -0.3 is 19.4 Å². The third kappa shape index (κ3) is 3.49. The second kappa shape index (κ2) is 7.46. The zero-order chi connectivity index (χ0) is 20.5. The third-order valence-corrected chi connectivity index (χ3v) is 5.01. The molecule has 150 valence electrons. The largest absolute Gasteiger partial charge is 0.486 e. The fourth-order valence-electron chi connectivity index (χ4n) is 3.45. The highest BCUT2D eigenvalue weighted by Gasteiger charge is 2.18. The molecule has 1 aliphatic heterocycles. The monoisotopic (exact) mass is 395 g/mol. The van der Waals surface area contributed by atoms with Gasteiger partial charge in [-0.1, -0.05) is 18.2 Å². The molecule has 1 N–H and O–H groups in total. The first-order chi connectivity index (χ1) is 14.0. The van der Waals surface area contributed by atoms with Crippen LogP contribution in [0.5, 0.6) is 11.5 Å². The molecule has 0 saturated heterocycles. The third-order valence-electron chi connectivity index (χ3n) is 5.01. The van der Waals surface area contributed by atoms with E-state index >= 15 is 0 Å². The average Bonchev–Trinajstić information content (AvgIpc) is 2.74. The van der Waals surface area contributed by atoms with Crippen molar-refractivity contribution in [3.8, 4) is 11.5 Å². The van der Waals surface area contributed by atoms with Crippen LogP contribution in [0.1, 0.15) is 18.5 Å². The van der Waals surface area contributed by atoms with Gasteiger partial charge in [0, 0.05) is 7.05 Å². The summed E-state index contributed by atoms with van der Waals surface area (Å²) in [4.78, 5) is 37.4. The van der Waals surface area contributed by atoms with Crippen LogP contribution in [0.25, 0.3) is 11.0 Å². The van der Waals surface area contributed by atoms with Crippen molar-refractivity contribution in [3.05, 3.63) is 68.7 Å². The fourth-order valence-corrected chi connectivity index (χ4v) is 3.45. The molecule has 1 aliphatic rings. The van der Waals surface area contributed by atoms with Crippen molar-refractivity contribution >= 4 is 16.9 Å². The lowest BCUT2D eigenvalue weighted by Crippen LogP contribution is -2.43. The molecule has 0 bridgehead atoms. The van der Waals surface area contributed by atoms with Crippen molar-refractivity contribution in [1.29, 1.82) is 0 Å². The Kier molecular flexibility index (Phi) is 4.84. The Morgan fingerprint density at radius 3 is 2.48 bits per heavy atom. The standard InChI is InChI=1S/C21H21N3O5/c1-13(14-7-8-17-18(11-14)29-10-9-28-17)22-19(25)12-24-16-6-4-3-5-15(16)23(2)20(26)21(24)27/h3-8,11,13H,9-10,12H2,1-2H3,(H,22,25). The topological polar surface area (TPSA) is 91.6 Å². The van der Waals surface area contributed by atoms with Crippen LogP contribution in [0, 0.1) is 0 Å². The summed E-state index contributed by atoms with van der Waals surface area (Å²) in [5, 5.41) is 2.87. The van der Waals surface area contributed by atoms with Gasteiger partial charge in [-0.25, -0.2) is 0 Å². The molecule has 0 aliphatic carbocycles. The number of amides is 1. The van der Waals surface area contributed by atoms with Gasteiger partial charge in [-0.2, -0.15) is 0 Å². The van der Waals surface area contributed by atoms with E-state index in [-0.39, 0.29) is 18.5 Å². The minimum atomic E-state index is -0.728. The van der Waals surface area contributed by atoms with Crippen LogP contribution in [0.15, 0.2) is 52.1 Å². The van der Waals surface area contributed by atoms with E-state index in [0.717, 1.165) is 5.56 Å². The Morgan fingerprint density at radius 2 is 1.72 bits per heavy atom. The van der Waals surface area contributed by atoms with E-state index in [0.29, 0.717) is 35.7 Å². The van der Waals surface area contributed by atoms with Crippen molar-refractivity contribution in [2.24, 2.45) is 7.05 Å². The molecule has 0 saturated carbocycles. The van der Waals surface area contributed by atoms with Crippen LogP contribution in [-0.4, -0.2) is 28.3 Å². The number of nitrogens with one attached hydrogen (secondary N) is 1. The normalized spacial score (nSPS) is 13.9. The van der Waals surface area contributed by atoms with Crippen LogP contribution < -0.4 is 25.9 Å². The van der Waals surface area contributed by atoms with E-state index in [1.807, 2.05) is 25.1 Å². The maximum absolute atomic E-state index is 12.6. The van der Waals surface area contributed by atoms with E-state index in [4.69, 9.17) is 9.47 Å². The first-order valence-corrected chi connectivity index (χ1v) is 9.33. The molecular formula is C21H21N3O5. The Morgan fingerprint density at radius 1 is 1.03 bits per heavy atom. The highest BCUT2D eigenvalue weighted by molar-refractivity contribution is 5.80. The molecule has 0 spiro atoms. The van der Waals surface area contributed by atoms with Crippen LogP contribution in [-0.2, 0) is 18.4 Å². The van der Waals surface area contributed by atoms with Crippen molar-refractivity contribution in [2.45, 2.75) is 19.5 Å². The minimum Gasteiger partial charge on any atom is -0.486 e. The van der Waals surface area contributed by atoms with E-state index in [2.05, 4.69) is 5.32 Å². The molecular weight excluding hydrogens is 374 g/mol. The lowest BCUT2D eigenvalue weighted by atomic mass is 10.1. The molecule has 0 fully saturated rings. The predicted octanol–water partition coefficient (Wildman–Crippen LogP) is 1.35. The molecule has 1 unspecified atom stereocenters. The van der Waals surface area contributed by atoms with Crippen molar-refractivity contribution < 1.29 is 14.3 Å². The zero-order valence-electron chi connectivity index (χ0n) is 16.2. The Bertz CT molecular complexity index is 1210. The van der Waals surface area contributed by atoms with Crippen molar-refractivity contribution in [1.82, 2.24) is 14.5 Å². The van der Waals surface area contributed by atoms with Crippen LogP contribution >= 0.6 is 0 Å². The summed E-state index contributed by atoms with van der Waals surface area (Å²) in [6.45, 7) is 2.59. The summed E-state index contributed by atoms with van der Waals surface area (Å²) in [5.41, 5.74) is 0.569. The summed E-state index contributed by atoms with van der Waals surface area (Å²) in [7, 11) is 1.54. The number of hydrogen-bond acceptors (Lipinski definition) is 5. The molecule has 2 heterocycles. The summed E-state index contributed by atoms with van der Waals surface area (Å²) < 4.78 is 13.6. The average molecular weight is 395 g/mol. The molecule has 1 aromatic heterocycles. The van der Waals surface area contributed by atoms with Gasteiger partial charge in [-0.15, -0.1) is 0 Å². The molecule has 4 rings (SSSR count). The molecule has 2 aromatic carbocycles. The van der Waals surface area contributed by atoms with E-state index in [9.17, 15) is 14.4 Å². The van der Waals surface area contributed by atoms with E-state index < -0.39 is 11.1 Å². The Hall–Kier alpha value is -3.55. The summed E-state index contributed by atoms with van der Waals surface area (Å²) in [6, 6.07) is 12.2. The number of aryl methyl sites for hydroxylation is 1. The van der Waals surface area contributed by atoms with Gasteiger partial charge in [0.25, 0.3) is 0 Å². The van der Waals surface area contributed by atoms with Crippen LogP contribution in [0.3, 0.4) is 0 Å². The maximum Gasteiger partial charge on any atom is 0.317 e. The summed E-state index contributed by atoms with van der Waals surface area (Å²) in [5.74, 6) is 0.952. The van der Waals surface area contributed by atoms with Crippen LogP contribution in [0.4, 0.5) is 0 Å². The van der Waals surface area contributed by atoms with Gasteiger partial charge in [0.2, 0.25) is 5.91 Å². The van der Waals surface area contributed by atoms with Crippen molar-refractivity contribution in [3.63, 3.8) is 0 Å². The number of carbonyl (C=O) groups is 1. The second-order valence-electron chi connectivity index (χ2n) is 6.94. The summed E-state index contributed by atoms with van der Waals surface area (Å²) >= 11 is 0. The number of ether oxygens (including phenoxy) is 2. The lowest BCUT2D eigenvalue weighted by molar-refractivity contribution is -0.122. The number of aromatic nitrogens is 2. The first-order valence-electron chi connectivity index (χ1n) is 9.33. The highest BCUT2D eigenvalue weighted by Crippen LogP contribution is 2.32. The van der Waals surface area contributed by atoms with E-state index in [1.165, 1.54) is 9.13 Å². The van der Waals surface area contributed by atoms with Gasteiger partial charge in [0.05, 0.1) is 17.1 Å². The molecule has 1 atom stereocenters. The molecule has 29 heavy (non-hydrogen) atoms. The van der Waals surface area contributed by atoms with Gasteiger partial charge in [0.1, 0.15) is 19.8 Å². The molecule has 3 aromatic rings. The van der Waals surface area contributed by atoms with E-state index in [1.54, 1.807) is 31.3 Å². The van der Waals surface area contributed by atoms with Gasteiger partial charge in [-0.3, -0.25) is 19.0 Å². The number of carbonyl (C=O) groups excluding carboxylic acids is 1. The minimum absolute atomic E-state index is 0.246. The SMILES string of the molecule is CC(NC(=O)Cn1c(=O)c(=O)n(C)c2ccccc21)c1ccc2c(c1)OCCO2. The molecule has 8 heteroatoms. The van der Waals surface area contributed by atoms with Gasteiger partial charge in [-0.05, 0) is 36.8 Å². The van der Waals surface area contributed by atoms with Crippen molar-refractivity contribution in [2.75, 3.05) is 13.2 Å². The second-order valence-corrected chi connectivity index (χ2v) is 6.94.